The smallest absolute Gasteiger partial charge is 0.796 e. The number of nitrogens with one attached hydrogen (secondary N) is 6. The topological polar surface area (TPSA) is 105 Å². The van der Waals surface area contributed by atoms with Crippen LogP contribution in [-0.2, 0) is 12.6 Å². The molecule has 0 aliphatic rings. The number of pyridine rings is 4. The van der Waals surface area contributed by atoms with E-state index in [9.17, 15) is 0 Å². The van der Waals surface area contributed by atoms with Crippen molar-refractivity contribution in [1.82, 2.24) is 19.9 Å². The molecule has 0 aliphatic carbocycles. The Labute approximate surface area is 333 Å². The molecule has 6 rings (SSSR count). The molecule has 0 unspecified atom stereocenters. The number of thioether (sulfide) groups is 2. The summed E-state index contributed by atoms with van der Waals surface area (Å²) >= 11 is 17.8. The molecule has 8 nitrogen and oxygen atoms in total. The van der Waals surface area contributed by atoms with Crippen molar-refractivity contribution in [1.29, 1.82) is 0 Å². The zero-order valence-electron chi connectivity index (χ0n) is 27.5. The van der Waals surface area contributed by atoms with Crippen molar-refractivity contribution in [3.05, 3.63) is 131 Å². The van der Waals surface area contributed by atoms with Gasteiger partial charge in [-0.1, -0.05) is 36.6 Å². The molecule has 4 heterocycles. The summed E-state index contributed by atoms with van der Waals surface area (Å²) < 4.78 is 1.35. The molecule has 0 amide bonds. The van der Waals surface area contributed by atoms with Crippen molar-refractivity contribution in [2.45, 2.75) is 10.1 Å². The molecule has 6 N–H and O–H groups in total. The number of aromatic amines is 2. The van der Waals surface area contributed by atoms with E-state index in [2.05, 4.69) is 59.9 Å². The standard InChI is InChI=1S/C18H18N4S2.C16H14N4S2.CH4S.Na/c1-23-17-15(8-4-10-19-17)21-13-6-3-7-14(12-13)22-16-9-5-11-20-18(16)24-2;21-15-13(6-2-8-17-15)19-11-4-1-5-12(10-11)20-14-7-3-9-18-16(14)22;1-2;/h3-12,21-22H,1-2H3;1-10,19-20H,(H,17,21)(H,18,22);2H,1H3;/q;;;+1/p-1. The van der Waals surface area contributed by atoms with E-state index in [0.29, 0.717) is 9.28 Å². The van der Waals surface area contributed by atoms with Crippen LogP contribution in [0.4, 0.5) is 45.5 Å². The van der Waals surface area contributed by atoms with E-state index in [4.69, 9.17) is 24.4 Å². The molecule has 49 heavy (non-hydrogen) atoms. The average molecular weight is 751 g/mol. The molecule has 246 valence electrons. The fourth-order valence-corrected chi connectivity index (χ4v) is 5.69. The Balaban J connectivity index is 0.000000249. The molecule has 0 saturated carbocycles. The van der Waals surface area contributed by atoms with E-state index in [1.165, 1.54) is 0 Å². The van der Waals surface area contributed by atoms with Gasteiger partial charge in [-0.25, -0.2) is 9.97 Å². The van der Waals surface area contributed by atoms with Crippen LogP contribution in [0.1, 0.15) is 0 Å². The van der Waals surface area contributed by atoms with Crippen LogP contribution in [0.5, 0.6) is 0 Å². The van der Waals surface area contributed by atoms with E-state index >= 15 is 0 Å². The predicted octanol–water partition coefficient (Wildman–Crippen LogP) is 7.86. The first-order chi connectivity index (χ1) is 23.5. The van der Waals surface area contributed by atoms with Crippen LogP contribution in [0.15, 0.2) is 132 Å². The van der Waals surface area contributed by atoms with Crippen molar-refractivity contribution in [3.63, 3.8) is 0 Å². The summed E-state index contributed by atoms with van der Waals surface area (Å²) in [5.41, 5.74) is 7.67. The van der Waals surface area contributed by atoms with Gasteiger partial charge in [0.25, 0.3) is 0 Å². The van der Waals surface area contributed by atoms with Gasteiger partial charge in [-0.2, -0.15) is 6.26 Å². The number of aromatic nitrogens is 4. The minimum absolute atomic E-state index is 0. The number of H-pyrrole nitrogens is 2. The third kappa shape index (κ3) is 12.5. The first-order valence-electron chi connectivity index (χ1n) is 14.5. The van der Waals surface area contributed by atoms with Crippen LogP contribution < -0.4 is 50.8 Å². The quantitative estimate of drug-likeness (QED) is 0.0357. The van der Waals surface area contributed by atoms with Gasteiger partial charge >= 0.3 is 29.6 Å². The molecule has 0 aliphatic heterocycles. The van der Waals surface area contributed by atoms with Crippen LogP contribution in [-0.4, -0.2) is 38.7 Å². The fourth-order valence-electron chi connectivity index (χ4n) is 4.31. The predicted molar refractivity (Wildman–Crippen MR) is 215 cm³/mol. The molecule has 4 aromatic heterocycles. The summed E-state index contributed by atoms with van der Waals surface area (Å²) in [7, 11) is 0. The molecule has 6 aromatic rings. The van der Waals surface area contributed by atoms with Gasteiger partial charge in [-0.05, 0) is 97.4 Å². The van der Waals surface area contributed by atoms with E-state index in [-0.39, 0.29) is 29.6 Å². The molecule has 0 fully saturated rings. The van der Waals surface area contributed by atoms with Gasteiger partial charge in [0.2, 0.25) is 0 Å². The van der Waals surface area contributed by atoms with E-state index in [0.717, 1.165) is 55.6 Å². The first kappa shape index (κ1) is 40.2. The molecule has 0 bridgehead atoms. The minimum Gasteiger partial charge on any atom is -0.796 e. The van der Waals surface area contributed by atoms with Crippen molar-refractivity contribution in [2.24, 2.45) is 0 Å². The molecule has 0 radical (unpaired) electrons. The molecular weight excluding hydrogens is 716 g/mol. The number of nitrogens with zero attached hydrogens (tertiary/aromatic N) is 2. The second kappa shape index (κ2) is 21.7. The van der Waals surface area contributed by atoms with E-state index in [1.807, 2.05) is 116 Å². The number of rotatable bonds is 10. The fraction of sp³-hybridized carbons (Fsp3) is 0.0857. The average Bonchev–Trinajstić information content (AvgIpc) is 3.12. The van der Waals surface area contributed by atoms with Gasteiger partial charge in [-0.3, -0.25) is 0 Å². The Morgan fingerprint density at radius 3 is 1.22 bits per heavy atom. The number of hydrogen-bond acceptors (Lipinski definition) is 11. The summed E-state index contributed by atoms with van der Waals surface area (Å²) in [6.45, 7) is 0. The molecule has 14 heteroatoms. The third-order valence-electron chi connectivity index (χ3n) is 6.41. The zero-order chi connectivity index (χ0) is 34.1. The Morgan fingerprint density at radius 1 is 0.531 bits per heavy atom. The Kier molecular flexibility index (Phi) is 17.8. The van der Waals surface area contributed by atoms with Gasteiger partial charge in [0, 0.05) is 47.5 Å². The van der Waals surface area contributed by atoms with Crippen LogP contribution >= 0.6 is 48.0 Å². The maximum absolute atomic E-state index is 5.25. The monoisotopic (exact) mass is 750 g/mol. The first-order valence-corrected chi connectivity index (χ1v) is 18.6. The minimum atomic E-state index is 0. The maximum atomic E-state index is 5.25. The molecule has 0 atom stereocenters. The van der Waals surface area contributed by atoms with Crippen molar-refractivity contribution in [3.8, 4) is 0 Å². The third-order valence-corrected chi connectivity index (χ3v) is 8.51. The molecule has 2 aromatic carbocycles. The summed E-state index contributed by atoms with van der Waals surface area (Å²) in [5, 5.41) is 15.4. The van der Waals surface area contributed by atoms with E-state index in [1.54, 1.807) is 42.2 Å². The van der Waals surface area contributed by atoms with Crippen molar-refractivity contribution < 1.29 is 29.6 Å². The molecular formula is C35H35N8NaS5. The Hall–Kier alpha value is -3.27. The van der Waals surface area contributed by atoms with Crippen LogP contribution in [0.2, 0.25) is 0 Å². The van der Waals surface area contributed by atoms with Crippen molar-refractivity contribution in [2.75, 3.05) is 40.0 Å². The number of hydrogen-bond donors (Lipinski definition) is 6. The zero-order valence-corrected chi connectivity index (χ0v) is 33.6. The second-order valence-electron chi connectivity index (χ2n) is 9.61. The second-order valence-corrected chi connectivity index (χ2v) is 12.0. The van der Waals surface area contributed by atoms with Crippen LogP contribution in [0, 0.1) is 9.28 Å². The maximum Gasteiger partial charge on any atom is 1.00 e. The van der Waals surface area contributed by atoms with Gasteiger partial charge in [0.1, 0.15) is 19.3 Å². The summed E-state index contributed by atoms with van der Waals surface area (Å²) in [6.07, 6.45) is 12.9. The van der Waals surface area contributed by atoms with Gasteiger partial charge < -0.3 is 43.9 Å². The summed E-state index contributed by atoms with van der Waals surface area (Å²) in [4.78, 5) is 14.8. The number of anilines is 8. The van der Waals surface area contributed by atoms with Gasteiger partial charge in [0.05, 0.1) is 22.7 Å². The van der Waals surface area contributed by atoms with Crippen molar-refractivity contribution >= 4 is 106 Å². The van der Waals surface area contributed by atoms with Crippen LogP contribution in [0.3, 0.4) is 0 Å². The van der Waals surface area contributed by atoms with Gasteiger partial charge in [-0.15, -0.1) is 23.5 Å². The largest absolute Gasteiger partial charge is 1.00 e. The Bertz CT molecular complexity index is 1890. The molecule has 0 saturated heterocycles. The molecule has 0 spiro atoms. The van der Waals surface area contributed by atoms with Gasteiger partial charge in [0.15, 0.2) is 0 Å². The summed E-state index contributed by atoms with van der Waals surface area (Å²) in [5.74, 6) is 0. The Morgan fingerprint density at radius 2 is 0.878 bits per heavy atom. The summed E-state index contributed by atoms with van der Waals surface area (Å²) in [6, 6.07) is 31.8. The van der Waals surface area contributed by atoms with Crippen LogP contribution in [0.25, 0.3) is 0 Å². The van der Waals surface area contributed by atoms with E-state index < -0.39 is 0 Å². The number of benzene rings is 2. The normalized spacial score (nSPS) is 9.80. The SMILES string of the molecule is CSc1ncccc1Nc1cccc(Nc2cccnc2SC)c1.C[S-].S=c1[nH]cccc1Nc1cccc(Nc2ccc[nH]c2=S)c1.[Na+].